The Morgan fingerprint density at radius 1 is 0.542 bits per heavy atom. The first kappa shape index (κ1) is 23.3. The van der Waals surface area contributed by atoms with Gasteiger partial charge in [0, 0.05) is 19.6 Å². The van der Waals surface area contributed by atoms with Gasteiger partial charge in [-0.1, -0.05) is 95.6 Å². The first-order valence-electron chi connectivity index (χ1n) is 6.94. The number of alkyl halides is 6. The first-order chi connectivity index (χ1) is 11.1. The Kier molecular flexibility index (Phi) is 10.9. The van der Waals surface area contributed by atoms with Gasteiger partial charge in [-0.25, -0.2) is 28.1 Å². The van der Waals surface area contributed by atoms with Gasteiger partial charge in [-0.2, -0.15) is 0 Å². The van der Waals surface area contributed by atoms with Crippen molar-refractivity contribution in [1.82, 2.24) is 13.7 Å². The molecule has 1 aromatic rings. The highest BCUT2D eigenvalue weighted by Crippen LogP contribution is 2.14. The highest BCUT2D eigenvalue weighted by Gasteiger charge is 2.17. The monoisotopic (exact) mass is 723 g/mol. The summed E-state index contributed by atoms with van der Waals surface area (Å²) in [6.07, 6.45) is 1.60. The number of nitrogens with zero attached hydrogens (tertiary/aromatic N) is 3. The quantitative estimate of drug-likeness (QED) is 0.365. The van der Waals surface area contributed by atoms with Crippen LogP contribution in [-0.4, -0.2) is 24.9 Å². The Balaban J connectivity index is 3.38. The number of halogens is 6. The average Bonchev–Trinajstić information content (AvgIpc) is 2.45. The van der Waals surface area contributed by atoms with Crippen LogP contribution >= 0.6 is 95.6 Å². The van der Waals surface area contributed by atoms with Gasteiger partial charge in [-0.05, 0) is 19.3 Å². The van der Waals surface area contributed by atoms with Crippen molar-refractivity contribution in [2.45, 2.75) is 50.1 Å². The molecule has 1 heterocycles. The van der Waals surface area contributed by atoms with Crippen molar-refractivity contribution in [3.8, 4) is 0 Å². The summed E-state index contributed by atoms with van der Waals surface area (Å²) in [5.74, 6) is 0. The van der Waals surface area contributed by atoms with Crippen LogP contribution in [0.15, 0.2) is 14.4 Å². The minimum Gasteiger partial charge on any atom is -0.247 e. The zero-order chi connectivity index (χ0) is 18.4. The van der Waals surface area contributed by atoms with Crippen LogP contribution in [0.25, 0.3) is 0 Å². The highest BCUT2D eigenvalue weighted by atomic mass is 79.9. The van der Waals surface area contributed by atoms with Gasteiger partial charge in [-0.15, -0.1) is 0 Å². The lowest BCUT2D eigenvalue weighted by molar-refractivity contribution is 0.438. The Hall–Kier alpha value is 1.29. The van der Waals surface area contributed by atoms with E-state index in [-0.39, 0.29) is 30.8 Å². The molecule has 0 unspecified atom stereocenters. The molecule has 0 atom stereocenters. The molecule has 0 fully saturated rings. The number of hydrogen-bond acceptors (Lipinski definition) is 3. The summed E-state index contributed by atoms with van der Waals surface area (Å²) >= 11 is 20.0. The molecule has 0 bridgehead atoms. The molecule has 0 saturated heterocycles. The maximum atomic E-state index is 12.6. The van der Waals surface area contributed by atoms with Gasteiger partial charge in [0.1, 0.15) is 0 Å². The molecule has 0 amide bonds. The molecule has 1 aromatic heterocycles. The molecule has 12 heteroatoms. The third kappa shape index (κ3) is 7.13. The molecule has 0 aliphatic rings. The minimum atomic E-state index is -0.572. The van der Waals surface area contributed by atoms with E-state index in [1.807, 2.05) is 0 Å². The largest absolute Gasteiger partial charge is 0.336 e. The van der Waals surface area contributed by atoms with E-state index in [9.17, 15) is 14.4 Å². The van der Waals surface area contributed by atoms with Crippen LogP contribution in [0.4, 0.5) is 0 Å². The van der Waals surface area contributed by atoms with E-state index in [4.69, 9.17) is 0 Å². The van der Waals surface area contributed by atoms with Crippen LogP contribution in [0.5, 0.6) is 0 Å². The Morgan fingerprint density at radius 2 is 0.750 bits per heavy atom. The van der Waals surface area contributed by atoms with Crippen LogP contribution in [0.2, 0.25) is 0 Å². The van der Waals surface area contributed by atoms with Gasteiger partial charge in [0.05, 0.1) is 11.2 Å². The van der Waals surface area contributed by atoms with Crippen LogP contribution in [0, 0.1) is 0 Å². The van der Waals surface area contributed by atoms with Crippen molar-refractivity contribution < 1.29 is 0 Å². The molecule has 0 aliphatic carbocycles. The molecule has 0 N–H and O–H groups in total. The predicted octanol–water partition coefficient (Wildman–Crippen LogP) is 3.69. The molecule has 138 valence electrons. The molecular formula is C12H15Br6N3O3. The van der Waals surface area contributed by atoms with E-state index in [0.717, 1.165) is 13.7 Å². The lowest BCUT2D eigenvalue weighted by atomic mass is 10.4. The molecule has 6 nitrogen and oxygen atoms in total. The van der Waals surface area contributed by atoms with Gasteiger partial charge in [0.25, 0.3) is 0 Å². The number of hydrogen-bond donors (Lipinski definition) is 0. The van der Waals surface area contributed by atoms with E-state index < -0.39 is 17.1 Å². The predicted molar refractivity (Wildman–Crippen MR) is 118 cm³/mol. The standard InChI is InChI=1S/C12H15Br6N3O3/c13-7(14)1-4-19-10(22)20(5-2-8(15)16)12(24)21(11(19)23)6-3-9(17)18/h7-9H,1-6H2. The molecule has 0 spiro atoms. The number of rotatable bonds is 9. The van der Waals surface area contributed by atoms with Crippen molar-refractivity contribution in [3.63, 3.8) is 0 Å². The molecule has 0 radical (unpaired) electrons. The molecule has 24 heavy (non-hydrogen) atoms. The molecule has 1 rings (SSSR count). The lowest BCUT2D eigenvalue weighted by Gasteiger charge is -2.14. The summed E-state index contributed by atoms with van der Waals surface area (Å²) in [5.41, 5.74) is -1.72. The summed E-state index contributed by atoms with van der Waals surface area (Å²) < 4.78 is 3.29. The summed E-state index contributed by atoms with van der Waals surface area (Å²) in [7, 11) is 0. The van der Waals surface area contributed by atoms with E-state index in [1.54, 1.807) is 0 Å². The van der Waals surface area contributed by atoms with E-state index in [2.05, 4.69) is 95.6 Å². The average molecular weight is 729 g/mol. The fourth-order valence-corrected chi connectivity index (χ4v) is 3.17. The van der Waals surface area contributed by atoms with E-state index >= 15 is 0 Å². The van der Waals surface area contributed by atoms with Crippen molar-refractivity contribution >= 4 is 95.6 Å². The zero-order valence-electron chi connectivity index (χ0n) is 12.3. The second kappa shape index (κ2) is 11.2. The third-order valence-corrected chi connectivity index (χ3v) is 5.85. The molecule has 0 aliphatic heterocycles. The lowest BCUT2D eigenvalue weighted by Crippen LogP contribution is -2.54. The van der Waals surface area contributed by atoms with Crippen molar-refractivity contribution in [1.29, 1.82) is 0 Å². The zero-order valence-corrected chi connectivity index (χ0v) is 21.8. The van der Waals surface area contributed by atoms with Crippen molar-refractivity contribution in [2.24, 2.45) is 0 Å². The van der Waals surface area contributed by atoms with Crippen LogP contribution in [-0.2, 0) is 19.6 Å². The Labute approximate surface area is 189 Å². The summed E-state index contributed by atoms with van der Waals surface area (Å²) in [6, 6.07) is 0. The number of aromatic nitrogens is 3. The smallest absolute Gasteiger partial charge is 0.247 e. The van der Waals surface area contributed by atoms with Gasteiger partial charge >= 0.3 is 17.1 Å². The normalized spacial score (nSPS) is 11.9. The molecule has 0 saturated carbocycles. The van der Waals surface area contributed by atoms with Gasteiger partial charge in [-0.3, -0.25) is 0 Å². The van der Waals surface area contributed by atoms with Gasteiger partial charge in [0.15, 0.2) is 0 Å². The van der Waals surface area contributed by atoms with Crippen LogP contribution in [0.3, 0.4) is 0 Å². The Bertz CT molecular complexity index is 584. The topological polar surface area (TPSA) is 66.0 Å². The van der Waals surface area contributed by atoms with Gasteiger partial charge < -0.3 is 0 Å². The minimum absolute atomic E-state index is 0.0194. The van der Waals surface area contributed by atoms with Crippen LogP contribution in [0.1, 0.15) is 19.3 Å². The maximum absolute atomic E-state index is 12.6. The summed E-state index contributed by atoms with van der Waals surface area (Å²) in [4.78, 5) is 37.7. The second-order valence-corrected chi connectivity index (χ2v) is 15.2. The SMILES string of the molecule is O=c1n(CCC(Br)Br)c(=O)n(CCC(Br)Br)c(=O)n1CCC(Br)Br. The van der Waals surface area contributed by atoms with Crippen molar-refractivity contribution in [2.75, 3.05) is 0 Å². The molecule has 0 aromatic carbocycles. The van der Waals surface area contributed by atoms with Gasteiger partial charge in [0.2, 0.25) is 0 Å². The van der Waals surface area contributed by atoms with Crippen LogP contribution < -0.4 is 17.1 Å². The fraction of sp³-hybridized carbons (Fsp3) is 0.750. The highest BCUT2D eigenvalue weighted by molar-refractivity contribution is 9.25. The van der Waals surface area contributed by atoms with Crippen molar-refractivity contribution in [3.05, 3.63) is 31.5 Å². The molecular weight excluding hydrogens is 714 g/mol. The second-order valence-electron chi connectivity index (χ2n) is 4.84. The van der Waals surface area contributed by atoms with E-state index in [1.165, 1.54) is 0 Å². The third-order valence-electron chi connectivity index (χ3n) is 3.10. The fourth-order valence-electron chi connectivity index (χ4n) is 1.94. The van der Waals surface area contributed by atoms with E-state index in [0.29, 0.717) is 19.3 Å². The summed E-state index contributed by atoms with van der Waals surface area (Å²) in [5, 5.41) is 0. The summed E-state index contributed by atoms with van der Waals surface area (Å²) in [6.45, 7) is 0.658. The Morgan fingerprint density at radius 3 is 0.917 bits per heavy atom. The first-order valence-corrected chi connectivity index (χ1v) is 12.4. The maximum Gasteiger partial charge on any atom is 0.336 e.